The summed E-state index contributed by atoms with van der Waals surface area (Å²) in [4.78, 5) is 13.8. The summed E-state index contributed by atoms with van der Waals surface area (Å²) in [5.74, 6) is 1.17. The lowest BCUT2D eigenvalue weighted by Crippen LogP contribution is -2.50. The van der Waals surface area contributed by atoms with E-state index in [1.807, 2.05) is 12.1 Å². The van der Waals surface area contributed by atoms with Crippen molar-refractivity contribution in [1.29, 1.82) is 0 Å². The van der Waals surface area contributed by atoms with E-state index in [9.17, 15) is 4.79 Å². The topological polar surface area (TPSA) is 38.3 Å². The van der Waals surface area contributed by atoms with Gasteiger partial charge in [0.15, 0.2) is 0 Å². The van der Waals surface area contributed by atoms with Gasteiger partial charge >= 0.3 is 0 Å². The second-order valence-electron chi connectivity index (χ2n) is 9.27. The van der Waals surface area contributed by atoms with Crippen molar-refractivity contribution in [3.63, 3.8) is 0 Å². The van der Waals surface area contributed by atoms with Crippen LogP contribution in [0.5, 0.6) is 5.75 Å². The standard InChI is InChI=1S/C26H31NO2/c28-24(26(17-9-10-18-26)20-11-3-1-4-12-20)27-22-19-25(15-7-2-8-16-25)29-23-14-6-5-13-21(22)23/h1,3-6,11-14,22H,2,7-10,15-19H2,(H,27,28)/t22-/m0/s1. The molecular formula is C26H31NO2. The molecule has 5 rings (SSSR count). The second kappa shape index (κ2) is 7.51. The fraction of sp³-hybridized carbons (Fsp3) is 0.500. The predicted molar refractivity (Wildman–Crippen MR) is 115 cm³/mol. The molecule has 1 aliphatic heterocycles. The lowest BCUT2D eigenvalue weighted by Gasteiger charge is -2.45. The van der Waals surface area contributed by atoms with Crippen LogP contribution in [0.15, 0.2) is 54.6 Å². The third-order valence-electron chi connectivity index (χ3n) is 7.49. The number of rotatable bonds is 3. The minimum atomic E-state index is -0.381. The monoisotopic (exact) mass is 389 g/mol. The van der Waals surface area contributed by atoms with Crippen LogP contribution >= 0.6 is 0 Å². The lowest BCUT2D eigenvalue weighted by molar-refractivity contribution is -0.128. The fourth-order valence-electron chi connectivity index (χ4n) is 5.93. The first-order valence-electron chi connectivity index (χ1n) is 11.4. The van der Waals surface area contributed by atoms with Gasteiger partial charge in [0.2, 0.25) is 5.91 Å². The molecule has 0 radical (unpaired) electrons. The summed E-state index contributed by atoms with van der Waals surface area (Å²) in [6.07, 6.45) is 10.9. The van der Waals surface area contributed by atoms with E-state index in [1.54, 1.807) is 0 Å². The van der Waals surface area contributed by atoms with Crippen LogP contribution in [-0.2, 0) is 10.2 Å². The maximum atomic E-state index is 13.8. The van der Waals surface area contributed by atoms with Gasteiger partial charge < -0.3 is 10.1 Å². The molecule has 2 aliphatic carbocycles. The number of hydrogen-bond acceptors (Lipinski definition) is 2. The summed E-state index contributed by atoms with van der Waals surface area (Å²) < 4.78 is 6.56. The van der Waals surface area contributed by atoms with E-state index in [0.29, 0.717) is 0 Å². The normalized spacial score (nSPS) is 24.5. The van der Waals surface area contributed by atoms with Crippen LogP contribution in [0.3, 0.4) is 0 Å². The number of carbonyl (C=O) groups excluding carboxylic acids is 1. The molecule has 0 aromatic heterocycles. The summed E-state index contributed by atoms with van der Waals surface area (Å²) in [7, 11) is 0. The van der Waals surface area contributed by atoms with Crippen molar-refractivity contribution < 1.29 is 9.53 Å². The molecule has 0 bridgehead atoms. The Bertz CT molecular complexity index is 863. The molecule has 1 N–H and O–H groups in total. The van der Waals surface area contributed by atoms with E-state index in [1.165, 1.54) is 24.8 Å². The van der Waals surface area contributed by atoms with Crippen LogP contribution in [0, 0.1) is 0 Å². The van der Waals surface area contributed by atoms with E-state index < -0.39 is 0 Å². The zero-order chi connectivity index (χ0) is 19.7. The highest BCUT2D eigenvalue weighted by Crippen LogP contribution is 2.47. The Morgan fingerprint density at radius 1 is 0.828 bits per heavy atom. The molecule has 3 aliphatic rings. The molecule has 1 heterocycles. The van der Waals surface area contributed by atoms with E-state index in [4.69, 9.17) is 4.74 Å². The SMILES string of the molecule is O=C(N[C@H]1CC2(CCCCC2)Oc2ccccc21)C1(c2ccccc2)CCCC1. The fourth-order valence-corrected chi connectivity index (χ4v) is 5.93. The summed E-state index contributed by atoms with van der Waals surface area (Å²) >= 11 is 0. The molecule has 0 saturated heterocycles. The largest absolute Gasteiger partial charge is 0.487 e. The van der Waals surface area contributed by atoms with Crippen molar-refractivity contribution in [3.05, 3.63) is 65.7 Å². The zero-order valence-electron chi connectivity index (χ0n) is 17.2. The van der Waals surface area contributed by atoms with E-state index in [2.05, 4.69) is 47.8 Å². The van der Waals surface area contributed by atoms with Crippen molar-refractivity contribution >= 4 is 5.91 Å². The molecule has 1 atom stereocenters. The van der Waals surface area contributed by atoms with Crippen molar-refractivity contribution in [2.75, 3.05) is 0 Å². The molecule has 2 saturated carbocycles. The Kier molecular flexibility index (Phi) is 4.85. The number of amides is 1. The predicted octanol–water partition coefficient (Wildman–Crippen LogP) is 5.84. The van der Waals surface area contributed by atoms with Gasteiger partial charge in [0, 0.05) is 12.0 Å². The molecule has 2 aromatic carbocycles. The van der Waals surface area contributed by atoms with Gasteiger partial charge in [-0.2, -0.15) is 0 Å². The van der Waals surface area contributed by atoms with E-state index in [0.717, 1.165) is 56.3 Å². The Morgan fingerprint density at radius 2 is 1.48 bits per heavy atom. The lowest BCUT2D eigenvalue weighted by atomic mass is 9.75. The molecular weight excluding hydrogens is 358 g/mol. The Hall–Kier alpha value is -2.29. The van der Waals surface area contributed by atoms with Gasteiger partial charge in [0.1, 0.15) is 11.4 Å². The van der Waals surface area contributed by atoms with Crippen LogP contribution in [0.4, 0.5) is 0 Å². The maximum absolute atomic E-state index is 13.8. The second-order valence-corrected chi connectivity index (χ2v) is 9.27. The molecule has 3 heteroatoms. The molecule has 2 fully saturated rings. The Balaban J connectivity index is 1.46. The van der Waals surface area contributed by atoms with E-state index in [-0.39, 0.29) is 23.0 Å². The molecule has 2 aromatic rings. The molecule has 29 heavy (non-hydrogen) atoms. The maximum Gasteiger partial charge on any atom is 0.231 e. The first-order chi connectivity index (χ1) is 14.2. The van der Waals surface area contributed by atoms with Gasteiger partial charge in [-0.15, -0.1) is 0 Å². The molecule has 0 unspecified atom stereocenters. The Labute approximate surface area is 173 Å². The van der Waals surface area contributed by atoms with Crippen LogP contribution < -0.4 is 10.1 Å². The van der Waals surface area contributed by atoms with Gasteiger partial charge in [-0.3, -0.25) is 4.79 Å². The van der Waals surface area contributed by atoms with Crippen molar-refractivity contribution in [2.24, 2.45) is 0 Å². The van der Waals surface area contributed by atoms with Gasteiger partial charge in [-0.1, -0.05) is 67.8 Å². The minimum Gasteiger partial charge on any atom is -0.487 e. The van der Waals surface area contributed by atoms with Crippen molar-refractivity contribution in [2.45, 2.75) is 81.3 Å². The zero-order valence-corrected chi connectivity index (χ0v) is 17.2. The van der Waals surface area contributed by atoms with Crippen LogP contribution in [0.1, 0.15) is 81.4 Å². The Morgan fingerprint density at radius 3 is 2.24 bits per heavy atom. The number of fused-ring (bicyclic) bond motifs is 1. The number of para-hydroxylation sites is 1. The van der Waals surface area contributed by atoms with Crippen molar-refractivity contribution in [1.82, 2.24) is 5.32 Å². The summed E-state index contributed by atoms with van der Waals surface area (Å²) in [5.41, 5.74) is 1.81. The summed E-state index contributed by atoms with van der Waals surface area (Å²) in [6, 6.07) is 18.7. The number of hydrogen-bond donors (Lipinski definition) is 1. The van der Waals surface area contributed by atoms with Gasteiger partial charge in [-0.25, -0.2) is 0 Å². The molecule has 152 valence electrons. The highest BCUT2D eigenvalue weighted by atomic mass is 16.5. The third kappa shape index (κ3) is 3.35. The van der Waals surface area contributed by atoms with E-state index >= 15 is 0 Å². The average molecular weight is 390 g/mol. The van der Waals surface area contributed by atoms with Crippen LogP contribution in [0.25, 0.3) is 0 Å². The first kappa shape index (κ1) is 18.7. The van der Waals surface area contributed by atoms with Crippen LogP contribution in [0.2, 0.25) is 0 Å². The smallest absolute Gasteiger partial charge is 0.231 e. The quantitative estimate of drug-likeness (QED) is 0.716. The highest BCUT2D eigenvalue weighted by molar-refractivity contribution is 5.89. The summed E-state index contributed by atoms with van der Waals surface area (Å²) in [6.45, 7) is 0. The van der Waals surface area contributed by atoms with Gasteiger partial charge in [0.05, 0.1) is 11.5 Å². The van der Waals surface area contributed by atoms with Crippen LogP contribution in [-0.4, -0.2) is 11.5 Å². The number of ether oxygens (including phenoxy) is 1. The highest BCUT2D eigenvalue weighted by Gasteiger charge is 2.46. The molecule has 1 amide bonds. The van der Waals surface area contributed by atoms with Crippen molar-refractivity contribution in [3.8, 4) is 5.75 Å². The minimum absolute atomic E-state index is 0.0340. The molecule has 1 spiro atoms. The molecule has 3 nitrogen and oxygen atoms in total. The summed E-state index contributed by atoms with van der Waals surface area (Å²) in [5, 5.41) is 3.51. The van der Waals surface area contributed by atoms with Gasteiger partial charge in [0.25, 0.3) is 0 Å². The number of carbonyl (C=O) groups is 1. The van der Waals surface area contributed by atoms with Gasteiger partial charge in [-0.05, 0) is 50.2 Å². The first-order valence-corrected chi connectivity index (χ1v) is 11.4. The number of benzene rings is 2. The third-order valence-corrected chi connectivity index (χ3v) is 7.49. The average Bonchev–Trinajstić information content (AvgIpc) is 3.26. The number of nitrogens with one attached hydrogen (secondary N) is 1.